The fraction of sp³-hybridized carbons (Fsp3) is 0.453. The Kier molecular flexibility index (Phi) is 51.3. The van der Waals surface area contributed by atoms with Gasteiger partial charge in [0.2, 0.25) is 11.8 Å². The third kappa shape index (κ3) is 42.9. The molecule has 0 radical (unpaired) electrons. The minimum atomic E-state index is -3.11. The number of hydrogen-bond donors (Lipinski definition) is 5. The molecule has 0 spiro atoms. The number of carboxylic acid groups (broad SMARTS) is 1. The van der Waals surface area contributed by atoms with Gasteiger partial charge in [-0.1, -0.05) is 273 Å². The fourth-order valence-corrected chi connectivity index (χ4v) is 13.7. The number of ether oxygens (including phenoxy) is 7. The zero-order valence-corrected chi connectivity index (χ0v) is 77.2. The van der Waals surface area contributed by atoms with Crippen molar-refractivity contribution in [3.63, 3.8) is 0 Å². The Morgan fingerprint density at radius 3 is 1.00 bits per heavy atom. The molecule has 6 rings (SSSR count). The summed E-state index contributed by atoms with van der Waals surface area (Å²) in [5.74, 6) is -3.28. The smallest absolute Gasteiger partial charge is 0.340 e. The predicted molar refractivity (Wildman–Crippen MR) is 499 cm³/mol. The number of Topliss-reactive ketones (excluding diaryl/α,β-unsaturated/α-hetero) is 6. The summed E-state index contributed by atoms with van der Waals surface area (Å²) in [5, 5.41) is 39.7. The summed E-state index contributed by atoms with van der Waals surface area (Å²) in [6.45, 7) is 9.84. The van der Waals surface area contributed by atoms with Crippen LogP contribution in [0, 0.1) is 35.5 Å². The van der Waals surface area contributed by atoms with Gasteiger partial charge in [-0.05, 0) is 121 Å². The zero-order chi connectivity index (χ0) is 96.4. The largest absolute Gasteiger partial charge is 0.481 e. The number of benzene rings is 6. The van der Waals surface area contributed by atoms with Crippen LogP contribution in [0.2, 0.25) is 0 Å². The summed E-state index contributed by atoms with van der Waals surface area (Å²) in [7, 11) is 0. The molecular formula is C106H130N2O24. The molecule has 6 aromatic carbocycles. The highest BCUT2D eigenvalue weighted by Crippen LogP contribution is 2.32. The second-order valence-corrected chi connectivity index (χ2v) is 33.1. The Labute approximate surface area is 775 Å². The number of hydrogen-bond acceptors (Lipinski definition) is 23. The Bertz CT molecular complexity index is 4830. The van der Waals surface area contributed by atoms with Crippen molar-refractivity contribution >= 4 is 82.3 Å². The number of esters is 5. The summed E-state index contributed by atoms with van der Waals surface area (Å²) in [6, 6.07) is 42.5. The van der Waals surface area contributed by atoms with Crippen LogP contribution >= 0.6 is 0 Å². The standard InChI is InChI=1S/C55H69NO12.C51H61NO12/c1-6-8-10-13-22-29-44(57)30-23-14-11-12-15-24-31-46(55(64,53(63)68-54(3,4)5)38-50(60)66-39-48(58)42-25-18-16-19-26-42)51(61)56-47(37-41-32-34-45(35-33-41)65-36-9-7-2)52(62)67-40-49(59)43-27-20-17-21-28-43;1-3-5-7-10-19-26-41(53)27-20-11-8-9-12-21-28-43(51(61,50(59)60)35-47(56)63-36-45(54)39-22-15-13-16-23-39)48(57)52-44(34-38-29-31-42(32-30-38)62-33-6-4-2)49(58)64-37-46(55)40-24-17-14-18-25-40/h16-21,24-28,31-35,46-47,64H,6,8,10-15,22-23,29-30,36-40H2,1-5H3,(H,56,61);13-18,21-25,28-32,43-44,61H,3,5,7-12,19-20,26-27,33-37H2,1-2H3,(H,52,57)(H,59,60)/b31-24+;28-21+/t46-,47+,55+;43-,44+,51+/m11/s1. The average Bonchev–Trinajstić information content (AvgIpc) is 0.797. The zero-order valence-electron chi connectivity index (χ0n) is 77.2. The summed E-state index contributed by atoms with van der Waals surface area (Å²) < 4.78 is 38.0. The van der Waals surface area contributed by atoms with Crippen molar-refractivity contribution in [2.75, 3.05) is 39.6 Å². The molecule has 5 N–H and O–H groups in total. The molecule has 0 saturated heterocycles. The molecule has 2 amide bonds. The van der Waals surface area contributed by atoms with Crippen molar-refractivity contribution in [3.05, 3.63) is 228 Å². The molecule has 132 heavy (non-hydrogen) atoms. The van der Waals surface area contributed by atoms with E-state index < -0.39 is 151 Å². The fourth-order valence-electron chi connectivity index (χ4n) is 13.7. The molecule has 0 bridgehead atoms. The topological polar surface area (TPSA) is 388 Å². The minimum absolute atomic E-state index is 0.148. The van der Waals surface area contributed by atoms with Gasteiger partial charge in [-0.3, -0.25) is 47.9 Å². The second-order valence-electron chi connectivity index (χ2n) is 33.1. The highest BCUT2D eigenvalue weighted by atomic mass is 16.6. The number of nitrogens with one attached hydrogen (secondary N) is 2. The normalized spacial score (nSPS) is 12.8. The van der Waals surface area contributed by atoms with E-state index in [4.69, 9.17) is 33.2 Å². The van der Waals surface area contributed by atoms with Crippen molar-refractivity contribution in [1.82, 2.24) is 10.6 Å². The maximum Gasteiger partial charge on any atom is 0.340 e. The Morgan fingerprint density at radius 2 is 0.689 bits per heavy atom. The molecule has 0 saturated carbocycles. The van der Waals surface area contributed by atoms with Crippen LogP contribution in [0.15, 0.2) is 194 Å². The van der Waals surface area contributed by atoms with Gasteiger partial charge in [-0.2, -0.15) is 0 Å². The Balaban J connectivity index is 0.000000468. The maximum absolute atomic E-state index is 14.7. The van der Waals surface area contributed by atoms with Crippen LogP contribution in [0.3, 0.4) is 0 Å². The SMILES string of the molecule is CC#CCOc1ccc(C[C@H](NC(=O)[C@@H](/C=C/CCCCCCC(=O)CCCCCCC)[C@@](O)(CC(=O)OCC(=O)c2ccccc2)C(=O)O)C(=O)OCC(=O)c2ccccc2)cc1.CC#CCOc1ccc(C[C@H](NC(=O)[C@@H](/C=C/CCCCCCC(=O)CCCCCCC)[C@@](O)(CC(=O)OCC(=O)c2ccccc2)C(=O)OC(C)(C)C)C(=O)OCC(=O)c2ccccc2)cc1. The molecule has 0 fully saturated rings. The summed E-state index contributed by atoms with van der Waals surface area (Å²) in [6.07, 6.45) is 22.4. The average molecular weight is 1820 g/mol. The van der Waals surface area contributed by atoms with Crippen LogP contribution in [0.5, 0.6) is 11.5 Å². The number of unbranched alkanes of at least 4 members (excludes halogenated alkanes) is 16. The Morgan fingerprint density at radius 1 is 0.386 bits per heavy atom. The van der Waals surface area contributed by atoms with Crippen molar-refractivity contribution in [3.8, 4) is 35.2 Å². The number of allylic oxidation sites excluding steroid dienone is 2. The number of carboxylic acids is 1. The van der Waals surface area contributed by atoms with Gasteiger partial charge in [0.05, 0.1) is 24.7 Å². The Hall–Kier alpha value is -12.8. The highest BCUT2D eigenvalue weighted by molar-refractivity contribution is 6.02. The quantitative estimate of drug-likeness (QED) is 0.00591. The van der Waals surface area contributed by atoms with E-state index in [0.29, 0.717) is 79.6 Å². The molecule has 26 heteroatoms. The number of carbonyl (C=O) groups is 14. The first-order valence-electron chi connectivity index (χ1n) is 45.5. The van der Waals surface area contributed by atoms with E-state index >= 15 is 0 Å². The summed E-state index contributed by atoms with van der Waals surface area (Å²) >= 11 is 0. The van der Waals surface area contributed by atoms with Gasteiger partial charge in [0.1, 0.15) is 54.0 Å². The van der Waals surface area contributed by atoms with Gasteiger partial charge in [-0.15, -0.1) is 11.8 Å². The van der Waals surface area contributed by atoms with E-state index in [-0.39, 0.29) is 54.3 Å². The first kappa shape index (κ1) is 110. The van der Waals surface area contributed by atoms with Gasteiger partial charge < -0.3 is 59.1 Å². The molecule has 6 atom stereocenters. The number of carbonyl (C=O) groups excluding carboxylic acids is 13. The van der Waals surface area contributed by atoms with Crippen LogP contribution in [0.25, 0.3) is 0 Å². The lowest BCUT2D eigenvalue weighted by atomic mass is 9.82. The van der Waals surface area contributed by atoms with Crippen LogP contribution in [-0.4, -0.2) is 166 Å². The van der Waals surface area contributed by atoms with Gasteiger partial charge in [0.15, 0.2) is 60.8 Å². The number of amides is 2. The lowest BCUT2D eigenvalue weighted by molar-refractivity contribution is -0.188. The molecule has 708 valence electrons. The van der Waals surface area contributed by atoms with E-state index in [2.05, 4.69) is 48.2 Å². The second kappa shape index (κ2) is 61.7. The first-order chi connectivity index (χ1) is 63.4. The van der Waals surface area contributed by atoms with Gasteiger partial charge >= 0.3 is 35.8 Å². The summed E-state index contributed by atoms with van der Waals surface area (Å²) in [4.78, 5) is 186. The molecule has 0 aliphatic heterocycles. The van der Waals surface area contributed by atoms with Crippen molar-refractivity contribution in [2.24, 2.45) is 11.8 Å². The van der Waals surface area contributed by atoms with E-state index in [9.17, 15) is 82.4 Å². The number of ketones is 6. The lowest BCUT2D eigenvalue weighted by Crippen LogP contribution is -2.57. The number of aliphatic carboxylic acids is 1. The molecule has 6 aromatic rings. The molecule has 0 aliphatic carbocycles. The highest BCUT2D eigenvalue weighted by Gasteiger charge is 2.53. The van der Waals surface area contributed by atoms with Crippen LogP contribution in [0.4, 0.5) is 0 Å². The maximum atomic E-state index is 14.7. The minimum Gasteiger partial charge on any atom is -0.481 e. The van der Waals surface area contributed by atoms with Gasteiger partial charge in [-0.25, -0.2) is 19.2 Å². The van der Waals surface area contributed by atoms with E-state index in [1.165, 1.54) is 55.3 Å². The number of aliphatic hydroxyl groups is 2. The molecule has 0 aliphatic rings. The van der Waals surface area contributed by atoms with Crippen molar-refractivity contribution in [2.45, 2.75) is 257 Å². The third-order valence-corrected chi connectivity index (χ3v) is 21.2. The predicted octanol–water partition coefficient (Wildman–Crippen LogP) is 16.5. The van der Waals surface area contributed by atoms with Gasteiger partial charge in [0, 0.05) is 60.8 Å². The van der Waals surface area contributed by atoms with E-state index in [1.54, 1.807) is 186 Å². The molecule has 0 unspecified atom stereocenters. The van der Waals surface area contributed by atoms with E-state index in [0.717, 1.165) is 89.9 Å². The summed E-state index contributed by atoms with van der Waals surface area (Å²) in [5.41, 5.74) is -5.06. The molecule has 0 aromatic heterocycles. The molecule has 0 heterocycles. The van der Waals surface area contributed by atoms with Crippen molar-refractivity contribution in [1.29, 1.82) is 0 Å². The first-order valence-corrected chi connectivity index (χ1v) is 45.5. The third-order valence-electron chi connectivity index (χ3n) is 21.2. The van der Waals surface area contributed by atoms with E-state index in [1.807, 2.05) is 0 Å². The lowest BCUT2D eigenvalue weighted by Gasteiger charge is -2.34. The molecule has 26 nitrogen and oxygen atoms in total. The van der Waals surface area contributed by atoms with Crippen LogP contribution in [0.1, 0.15) is 268 Å². The van der Waals surface area contributed by atoms with Crippen LogP contribution in [-0.2, 0) is 84.5 Å². The van der Waals surface area contributed by atoms with Crippen molar-refractivity contribution < 1.29 is 116 Å². The monoisotopic (exact) mass is 1810 g/mol. The van der Waals surface area contributed by atoms with Gasteiger partial charge in [0.25, 0.3) is 0 Å². The number of rotatable bonds is 62. The molecular weight excluding hydrogens is 1690 g/mol. The van der Waals surface area contributed by atoms with Crippen LogP contribution < -0.4 is 20.1 Å².